The Morgan fingerprint density at radius 2 is 2.00 bits per heavy atom. The molecular formula is C17H16F3N3O2. The van der Waals surface area contributed by atoms with Gasteiger partial charge in [-0.1, -0.05) is 30.0 Å². The number of halogens is 3. The number of amides is 1. The molecule has 0 aliphatic carbocycles. The van der Waals surface area contributed by atoms with E-state index < -0.39 is 29.9 Å². The first kappa shape index (κ1) is 18.5. The molecule has 0 saturated carbocycles. The number of benzene rings is 1. The van der Waals surface area contributed by atoms with E-state index in [-0.39, 0.29) is 6.54 Å². The van der Waals surface area contributed by atoms with Crippen molar-refractivity contribution in [2.45, 2.75) is 18.2 Å². The first-order valence-electron chi connectivity index (χ1n) is 7.31. The third-order valence-electron chi connectivity index (χ3n) is 3.46. The van der Waals surface area contributed by atoms with Crippen molar-refractivity contribution in [3.05, 3.63) is 54.1 Å². The number of aryl methyl sites for hydroxylation is 1. The number of nitrogens with zero attached hydrogens (tertiary/aromatic N) is 2. The summed E-state index contributed by atoms with van der Waals surface area (Å²) in [7, 11) is 1.31. The van der Waals surface area contributed by atoms with Gasteiger partial charge in [-0.2, -0.15) is 13.2 Å². The van der Waals surface area contributed by atoms with Gasteiger partial charge in [0, 0.05) is 25.0 Å². The Morgan fingerprint density at radius 3 is 2.56 bits per heavy atom. The highest BCUT2D eigenvalue weighted by Crippen LogP contribution is 2.40. The standard InChI is InChI=1S/C17H16F3N3O2/c1-23-11-10-22-15(23)16(25,17(18,19)20)12-14(24)21-9-5-8-13-6-3-2-4-7-13/h2-4,6-7,10-11,25H,9,12H2,1H3,(H,21,24). The van der Waals surface area contributed by atoms with E-state index in [0.29, 0.717) is 0 Å². The predicted octanol–water partition coefficient (Wildman–Crippen LogP) is 1.73. The van der Waals surface area contributed by atoms with Gasteiger partial charge in [-0.3, -0.25) is 4.79 Å². The summed E-state index contributed by atoms with van der Waals surface area (Å²) in [6.45, 7) is -0.137. The number of alkyl halides is 3. The molecule has 25 heavy (non-hydrogen) atoms. The van der Waals surface area contributed by atoms with Crippen LogP contribution in [0.5, 0.6) is 0 Å². The lowest BCUT2D eigenvalue weighted by molar-refractivity contribution is -0.271. The maximum Gasteiger partial charge on any atom is 0.425 e. The fraction of sp³-hybridized carbons (Fsp3) is 0.294. The van der Waals surface area contributed by atoms with Crippen molar-refractivity contribution >= 4 is 5.91 Å². The Bertz CT molecular complexity index is 791. The first-order valence-corrected chi connectivity index (χ1v) is 7.31. The molecule has 0 spiro atoms. The van der Waals surface area contributed by atoms with E-state index in [1.165, 1.54) is 13.2 Å². The normalized spacial score (nSPS) is 13.5. The van der Waals surface area contributed by atoms with Gasteiger partial charge >= 0.3 is 6.18 Å². The molecule has 1 unspecified atom stereocenters. The lowest BCUT2D eigenvalue weighted by Gasteiger charge is -2.29. The molecule has 0 aliphatic heterocycles. The van der Waals surface area contributed by atoms with E-state index in [1.807, 2.05) is 6.07 Å². The van der Waals surface area contributed by atoms with Gasteiger partial charge < -0.3 is 15.0 Å². The monoisotopic (exact) mass is 351 g/mol. The molecule has 1 aromatic heterocycles. The van der Waals surface area contributed by atoms with E-state index in [1.54, 1.807) is 24.3 Å². The van der Waals surface area contributed by atoms with Crippen molar-refractivity contribution in [2.24, 2.45) is 7.05 Å². The van der Waals surface area contributed by atoms with E-state index >= 15 is 0 Å². The molecular weight excluding hydrogens is 335 g/mol. The highest BCUT2D eigenvalue weighted by atomic mass is 19.4. The first-order chi connectivity index (χ1) is 11.7. The van der Waals surface area contributed by atoms with Crippen LogP contribution < -0.4 is 5.32 Å². The largest absolute Gasteiger partial charge is 0.425 e. The number of imidazole rings is 1. The molecule has 1 aromatic carbocycles. The molecule has 0 saturated heterocycles. The molecule has 0 radical (unpaired) electrons. The van der Waals surface area contributed by atoms with E-state index in [9.17, 15) is 23.1 Å². The molecule has 8 heteroatoms. The van der Waals surface area contributed by atoms with Gasteiger partial charge in [-0.15, -0.1) is 0 Å². The van der Waals surface area contributed by atoms with Crippen LogP contribution in [0.3, 0.4) is 0 Å². The summed E-state index contributed by atoms with van der Waals surface area (Å²) in [5.41, 5.74) is -2.65. The number of hydrogen-bond acceptors (Lipinski definition) is 3. The maximum atomic E-state index is 13.3. The molecule has 0 bridgehead atoms. The second-order valence-electron chi connectivity index (χ2n) is 5.34. The Labute approximate surface area is 142 Å². The predicted molar refractivity (Wildman–Crippen MR) is 84.1 cm³/mol. The Balaban J connectivity index is 2.04. The number of aliphatic hydroxyl groups is 1. The van der Waals surface area contributed by atoms with Crippen LogP contribution in [0.15, 0.2) is 42.7 Å². The molecule has 0 fully saturated rings. The summed E-state index contributed by atoms with van der Waals surface area (Å²) in [6, 6.07) is 8.93. The van der Waals surface area contributed by atoms with Crippen molar-refractivity contribution in [1.29, 1.82) is 0 Å². The highest BCUT2D eigenvalue weighted by molar-refractivity contribution is 5.77. The lowest BCUT2D eigenvalue weighted by atomic mass is 9.97. The van der Waals surface area contributed by atoms with Crippen LogP contribution in [0.25, 0.3) is 0 Å². The summed E-state index contributed by atoms with van der Waals surface area (Å²) in [5, 5.41) is 12.3. The molecule has 5 nitrogen and oxygen atoms in total. The zero-order chi connectivity index (χ0) is 18.5. The van der Waals surface area contributed by atoms with Gasteiger partial charge in [-0.25, -0.2) is 4.98 Å². The minimum Gasteiger partial charge on any atom is -0.374 e. The third-order valence-corrected chi connectivity index (χ3v) is 3.46. The van der Waals surface area contributed by atoms with Gasteiger partial charge in [0.2, 0.25) is 11.5 Å². The van der Waals surface area contributed by atoms with Crippen molar-refractivity contribution in [3.63, 3.8) is 0 Å². The third kappa shape index (κ3) is 4.39. The highest BCUT2D eigenvalue weighted by Gasteiger charge is 2.58. The van der Waals surface area contributed by atoms with Gasteiger partial charge in [0.1, 0.15) is 0 Å². The zero-order valence-corrected chi connectivity index (χ0v) is 13.3. The van der Waals surface area contributed by atoms with Gasteiger partial charge in [-0.05, 0) is 12.1 Å². The zero-order valence-electron chi connectivity index (χ0n) is 13.3. The fourth-order valence-corrected chi connectivity index (χ4v) is 2.18. The molecule has 132 valence electrons. The van der Waals surface area contributed by atoms with Gasteiger partial charge in [0.25, 0.3) is 0 Å². The summed E-state index contributed by atoms with van der Waals surface area (Å²) < 4.78 is 40.9. The van der Waals surface area contributed by atoms with Crippen LogP contribution >= 0.6 is 0 Å². The molecule has 2 N–H and O–H groups in total. The molecule has 2 aromatic rings. The van der Waals surface area contributed by atoms with Gasteiger partial charge in [0.15, 0.2) is 5.82 Å². The van der Waals surface area contributed by atoms with Gasteiger partial charge in [0.05, 0.1) is 13.0 Å². The molecule has 1 heterocycles. The van der Waals surface area contributed by atoms with Crippen molar-refractivity contribution in [3.8, 4) is 11.8 Å². The fourth-order valence-electron chi connectivity index (χ4n) is 2.18. The van der Waals surface area contributed by atoms with E-state index in [4.69, 9.17) is 0 Å². The van der Waals surface area contributed by atoms with Crippen LogP contribution in [0.2, 0.25) is 0 Å². The topological polar surface area (TPSA) is 67.1 Å². The minimum absolute atomic E-state index is 0.137. The van der Waals surface area contributed by atoms with Crippen LogP contribution in [0.1, 0.15) is 17.8 Å². The molecule has 2 rings (SSSR count). The number of aromatic nitrogens is 2. The van der Waals surface area contributed by atoms with Crippen LogP contribution in [0, 0.1) is 11.8 Å². The second kappa shape index (κ2) is 7.40. The molecule has 0 aliphatic rings. The SMILES string of the molecule is Cn1ccnc1C(O)(CC(=O)NCC#Cc1ccccc1)C(F)(F)F. The average Bonchev–Trinajstić information content (AvgIpc) is 2.98. The average molecular weight is 351 g/mol. The number of rotatable bonds is 4. The second-order valence-corrected chi connectivity index (χ2v) is 5.34. The van der Waals surface area contributed by atoms with Crippen molar-refractivity contribution in [1.82, 2.24) is 14.9 Å². The lowest BCUT2D eigenvalue weighted by Crippen LogP contribution is -2.47. The summed E-state index contributed by atoms with van der Waals surface area (Å²) >= 11 is 0. The van der Waals surface area contributed by atoms with E-state index in [0.717, 1.165) is 16.3 Å². The van der Waals surface area contributed by atoms with E-state index in [2.05, 4.69) is 22.1 Å². The maximum absolute atomic E-state index is 13.3. The molecule has 1 amide bonds. The van der Waals surface area contributed by atoms with Crippen LogP contribution in [0.4, 0.5) is 13.2 Å². The smallest absolute Gasteiger partial charge is 0.374 e. The number of carbonyl (C=O) groups excluding carboxylic acids is 1. The quantitative estimate of drug-likeness (QED) is 0.825. The minimum atomic E-state index is -5.06. The Morgan fingerprint density at radius 1 is 1.32 bits per heavy atom. The van der Waals surface area contributed by atoms with Crippen LogP contribution in [-0.2, 0) is 17.4 Å². The molecule has 1 atom stereocenters. The number of nitrogens with one attached hydrogen (secondary N) is 1. The van der Waals surface area contributed by atoms with Crippen LogP contribution in [-0.4, -0.2) is 33.3 Å². The Hall–Kier alpha value is -2.79. The number of hydrogen-bond donors (Lipinski definition) is 2. The summed E-state index contributed by atoms with van der Waals surface area (Å²) in [5.74, 6) is 3.77. The summed E-state index contributed by atoms with van der Waals surface area (Å²) in [4.78, 5) is 15.4. The Kier molecular flexibility index (Phi) is 5.49. The summed E-state index contributed by atoms with van der Waals surface area (Å²) in [6.07, 6.45) is -3.88. The number of carbonyl (C=O) groups is 1. The van der Waals surface area contributed by atoms with Crippen molar-refractivity contribution in [2.75, 3.05) is 6.54 Å². The van der Waals surface area contributed by atoms with Crippen molar-refractivity contribution < 1.29 is 23.1 Å².